The first kappa shape index (κ1) is 13.4. The van der Waals surface area contributed by atoms with Crippen molar-refractivity contribution >= 4 is 16.0 Å². The van der Waals surface area contributed by atoms with Crippen molar-refractivity contribution in [2.24, 2.45) is 0 Å². The van der Waals surface area contributed by atoms with E-state index in [1.807, 2.05) is 0 Å². The quantitative estimate of drug-likeness (QED) is 0.738. The minimum absolute atomic E-state index is 0.0355. The van der Waals surface area contributed by atoms with Crippen LogP contribution < -0.4 is 4.72 Å². The Morgan fingerprint density at radius 1 is 1.44 bits per heavy atom. The van der Waals surface area contributed by atoms with E-state index in [2.05, 4.69) is 4.72 Å². The van der Waals surface area contributed by atoms with Crippen LogP contribution in [0.4, 0.5) is 0 Å². The van der Waals surface area contributed by atoms with Gasteiger partial charge in [-0.1, -0.05) is 0 Å². The number of hydrogen-bond acceptors (Lipinski definition) is 3. The SMILES string of the molecule is CC(C)(CCC(=O)O)NS(=O)(=O)C1(C)CC1. The number of rotatable bonds is 6. The lowest BCUT2D eigenvalue weighted by Crippen LogP contribution is -2.47. The van der Waals surface area contributed by atoms with Gasteiger partial charge >= 0.3 is 5.97 Å². The van der Waals surface area contributed by atoms with Gasteiger partial charge in [-0.3, -0.25) is 4.79 Å². The third-order valence-electron chi connectivity index (χ3n) is 2.98. The highest BCUT2D eigenvalue weighted by Crippen LogP contribution is 2.42. The molecule has 0 heterocycles. The summed E-state index contributed by atoms with van der Waals surface area (Å²) in [6, 6.07) is 0. The largest absolute Gasteiger partial charge is 0.481 e. The van der Waals surface area contributed by atoms with Crippen molar-refractivity contribution in [1.29, 1.82) is 0 Å². The second kappa shape index (κ2) is 4.00. The van der Waals surface area contributed by atoms with Gasteiger partial charge in [-0.05, 0) is 40.0 Å². The summed E-state index contributed by atoms with van der Waals surface area (Å²) in [5, 5.41) is 8.57. The van der Waals surface area contributed by atoms with Crippen LogP contribution in [0.5, 0.6) is 0 Å². The van der Waals surface area contributed by atoms with Gasteiger partial charge in [-0.15, -0.1) is 0 Å². The molecule has 94 valence electrons. The van der Waals surface area contributed by atoms with Crippen LogP contribution in [0.1, 0.15) is 46.5 Å². The van der Waals surface area contributed by atoms with Crippen molar-refractivity contribution in [2.45, 2.75) is 56.7 Å². The third kappa shape index (κ3) is 3.18. The van der Waals surface area contributed by atoms with E-state index < -0.39 is 26.3 Å². The molecule has 5 nitrogen and oxygen atoms in total. The molecule has 1 fully saturated rings. The zero-order valence-electron chi connectivity index (χ0n) is 9.91. The van der Waals surface area contributed by atoms with Gasteiger partial charge in [0.25, 0.3) is 0 Å². The molecule has 1 aliphatic rings. The number of carboxylic acid groups (broad SMARTS) is 1. The second-order valence-corrected chi connectivity index (χ2v) is 7.53. The summed E-state index contributed by atoms with van der Waals surface area (Å²) in [4.78, 5) is 10.4. The summed E-state index contributed by atoms with van der Waals surface area (Å²) in [5.74, 6) is -0.912. The molecule has 0 spiro atoms. The van der Waals surface area contributed by atoms with E-state index in [0.717, 1.165) is 0 Å². The first-order chi connectivity index (χ1) is 7.08. The normalized spacial score (nSPS) is 19.4. The minimum Gasteiger partial charge on any atom is -0.481 e. The zero-order chi connectivity index (χ0) is 12.6. The van der Waals surface area contributed by atoms with Crippen molar-refractivity contribution in [1.82, 2.24) is 4.72 Å². The summed E-state index contributed by atoms with van der Waals surface area (Å²) in [6.07, 6.45) is 1.61. The number of nitrogens with one attached hydrogen (secondary N) is 1. The number of hydrogen-bond donors (Lipinski definition) is 2. The Labute approximate surface area is 96.3 Å². The lowest BCUT2D eigenvalue weighted by Gasteiger charge is -2.27. The molecule has 0 aliphatic heterocycles. The van der Waals surface area contributed by atoms with Crippen molar-refractivity contribution < 1.29 is 18.3 Å². The highest BCUT2D eigenvalue weighted by molar-refractivity contribution is 7.91. The molecule has 0 bridgehead atoms. The van der Waals surface area contributed by atoms with Gasteiger partial charge in [0.15, 0.2) is 0 Å². The molecule has 1 rings (SSSR count). The minimum atomic E-state index is -3.34. The maximum atomic E-state index is 11.9. The second-order valence-electron chi connectivity index (χ2n) is 5.33. The molecule has 0 atom stereocenters. The average molecular weight is 249 g/mol. The summed E-state index contributed by atoms with van der Waals surface area (Å²) < 4.78 is 25.8. The van der Waals surface area contributed by atoms with E-state index in [4.69, 9.17) is 5.11 Å². The standard InChI is InChI=1S/C10H19NO4S/c1-9(2,5-4-8(12)13)11-16(14,15)10(3)6-7-10/h11H,4-7H2,1-3H3,(H,12,13). The van der Waals surface area contributed by atoms with Gasteiger partial charge < -0.3 is 5.11 Å². The van der Waals surface area contributed by atoms with E-state index in [1.165, 1.54) is 0 Å². The van der Waals surface area contributed by atoms with Crippen LogP contribution in [0.15, 0.2) is 0 Å². The Morgan fingerprint density at radius 3 is 2.31 bits per heavy atom. The van der Waals surface area contributed by atoms with Crippen LogP contribution in [0.3, 0.4) is 0 Å². The highest BCUT2D eigenvalue weighted by Gasteiger charge is 2.51. The van der Waals surface area contributed by atoms with E-state index >= 15 is 0 Å². The lowest BCUT2D eigenvalue weighted by atomic mass is 10.0. The number of sulfonamides is 1. The van der Waals surface area contributed by atoms with Crippen LogP contribution in [-0.4, -0.2) is 29.8 Å². The van der Waals surface area contributed by atoms with E-state index in [9.17, 15) is 13.2 Å². The van der Waals surface area contributed by atoms with Crippen LogP contribution >= 0.6 is 0 Å². The lowest BCUT2D eigenvalue weighted by molar-refractivity contribution is -0.137. The molecule has 1 saturated carbocycles. The summed E-state index contributed by atoms with van der Waals surface area (Å²) >= 11 is 0. The van der Waals surface area contributed by atoms with Crippen molar-refractivity contribution in [3.05, 3.63) is 0 Å². The van der Waals surface area contributed by atoms with Gasteiger partial charge in [-0.2, -0.15) is 0 Å². The van der Waals surface area contributed by atoms with Crippen LogP contribution in [-0.2, 0) is 14.8 Å². The van der Waals surface area contributed by atoms with Gasteiger partial charge in [0.2, 0.25) is 10.0 Å². The predicted molar refractivity (Wildman–Crippen MR) is 60.6 cm³/mol. The first-order valence-electron chi connectivity index (χ1n) is 5.33. The van der Waals surface area contributed by atoms with E-state index in [0.29, 0.717) is 12.8 Å². The average Bonchev–Trinajstić information content (AvgIpc) is 2.80. The topological polar surface area (TPSA) is 83.5 Å². The fraction of sp³-hybridized carbons (Fsp3) is 0.900. The maximum Gasteiger partial charge on any atom is 0.303 e. The Balaban J connectivity index is 2.62. The fourth-order valence-corrected chi connectivity index (χ4v) is 3.12. The van der Waals surface area contributed by atoms with Gasteiger partial charge in [0.05, 0.1) is 4.75 Å². The summed E-state index contributed by atoms with van der Waals surface area (Å²) in [7, 11) is -3.34. The molecule has 0 radical (unpaired) electrons. The molecule has 0 aromatic carbocycles. The molecular weight excluding hydrogens is 230 g/mol. The number of carboxylic acids is 1. The molecule has 0 aromatic heterocycles. The van der Waals surface area contributed by atoms with Gasteiger partial charge in [-0.25, -0.2) is 13.1 Å². The highest BCUT2D eigenvalue weighted by atomic mass is 32.2. The predicted octanol–water partition coefficient (Wildman–Crippen LogP) is 1.10. The molecular formula is C10H19NO4S. The Kier molecular flexibility index (Phi) is 3.36. The zero-order valence-corrected chi connectivity index (χ0v) is 10.7. The molecule has 0 unspecified atom stereocenters. The summed E-state index contributed by atoms with van der Waals surface area (Å²) in [5.41, 5.74) is -0.706. The van der Waals surface area contributed by atoms with Crippen molar-refractivity contribution in [3.63, 3.8) is 0 Å². The maximum absolute atomic E-state index is 11.9. The van der Waals surface area contributed by atoms with Gasteiger partial charge in [0.1, 0.15) is 0 Å². The van der Waals surface area contributed by atoms with Crippen LogP contribution in [0.25, 0.3) is 0 Å². The van der Waals surface area contributed by atoms with E-state index in [-0.39, 0.29) is 12.8 Å². The fourth-order valence-electron chi connectivity index (χ4n) is 1.40. The van der Waals surface area contributed by atoms with E-state index in [1.54, 1.807) is 20.8 Å². The Hall–Kier alpha value is -0.620. The smallest absolute Gasteiger partial charge is 0.303 e. The molecule has 16 heavy (non-hydrogen) atoms. The molecule has 0 amide bonds. The summed E-state index contributed by atoms with van der Waals surface area (Å²) in [6.45, 7) is 5.13. The molecule has 1 aliphatic carbocycles. The third-order valence-corrected chi connectivity index (χ3v) is 5.50. The molecule has 0 saturated heterocycles. The molecule has 0 aromatic rings. The first-order valence-corrected chi connectivity index (χ1v) is 6.82. The molecule has 6 heteroatoms. The molecule has 2 N–H and O–H groups in total. The van der Waals surface area contributed by atoms with Crippen molar-refractivity contribution in [3.8, 4) is 0 Å². The van der Waals surface area contributed by atoms with Crippen LogP contribution in [0, 0.1) is 0 Å². The monoisotopic (exact) mass is 249 g/mol. The number of carbonyl (C=O) groups is 1. The van der Waals surface area contributed by atoms with Crippen LogP contribution in [0.2, 0.25) is 0 Å². The Bertz CT molecular complexity index is 382. The van der Waals surface area contributed by atoms with Crippen molar-refractivity contribution in [2.75, 3.05) is 0 Å². The Morgan fingerprint density at radius 2 is 1.94 bits per heavy atom. The number of aliphatic carboxylic acids is 1. The van der Waals surface area contributed by atoms with Gasteiger partial charge in [0, 0.05) is 12.0 Å².